The smallest absolute Gasteiger partial charge is 0.274 e. The van der Waals surface area contributed by atoms with Crippen molar-refractivity contribution in [3.8, 4) is 22.6 Å². The largest absolute Gasteiger partial charge is 0.487 e. The minimum absolute atomic E-state index is 0. The zero-order valence-electron chi connectivity index (χ0n) is 30.2. The zero-order chi connectivity index (χ0) is 36.6. The highest BCUT2D eigenvalue weighted by Crippen LogP contribution is 2.34. The first-order valence-electron chi connectivity index (χ1n) is 17.7. The van der Waals surface area contributed by atoms with Crippen molar-refractivity contribution in [2.75, 3.05) is 32.8 Å². The summed E-state index contributed by atoms with van der Waals surface area (Å²) in [5.74, 6) is 1.58. The lowest BCUT2D eigenvalue weighted by Gasteiger charge is -2.34. The SMILES string of the molecule is Cc1ccc(COc2ccc(Oc3c(C)cc(/C=C/C(=O)N4CCN(Cc5ccc(CCOc6nc7ccccc7s6)cc5)CC4)cc3Cl)nc2)cc1.Cl. The number of aromatic nitrogens is 2. The maximum Gasteiger partial charge on any atom is 0.274 e. The van der Waals surface area contributed by atoms with E-state index in [1.165, 1.54) is 16.7 Å². The molecule has 1 saturated heterocycles. The first-order valence-corrected chi connectivity index (χ1v) is 18.9. The third kappa shape index (κ3) is 10.4. The molecular weight excluding hydrogens is 739 g/mol. The number of hydrogen-bond acceptors (Lipinski definition) is 8. The van der Waals surface area contributed by atoms with Crippen LogP contribution < -0.4 is 14.2 Å². The third-order valence-electron chi connectivity index (χ3n) is 9.12. The summed E-state index contributed by atoms with van der Waals surface area (Å²) in [4.78, 5) is 26.3. The van der Waals surface area contributed by atoms with Gasteiger partial charge in [0.25, 0.3) is 5.19 Å². The Morgan fingerprint density at radius 3 is 2.33 bits per heavy atom. The van der Waals surface area contributed by atoms with Crippen molar-refractivity contribution in [3.05, 3.63) is 148 Å². The number of thiazole rings is 1. The fraction of sp³-hybridized carbons (Fsp3) is 0.233. The Balaban J connectivity index is 0.00000497. The molecule has 1 aliphatic rings. The quantitative estimate of drug-likeness (QED) is 0.108. The van der Waals surface area contributed by atoms with Crippen LogP contribution in [-0.4, -0.2) is 58.5 Å². The summed E-state index contributed by atoms with van der Waals surface area (Å²) in [5, 5.41) is 1.16. The predicted octanol–water partition coefficient (Wildman–Crippen LogP) is 9.73. The Morgan fingerprint density at radius 1 is 0.870 bits per heavy atom. The fourth-order valence-corrected chi connectivity index (χ4v) is 7.24. The van der Waals surface area contributed by atoms with Gasteiger partial charge in [-0.25, -0.2) is 9.97 Å². The topological polar surface area (TPSA) is 77.0 Å². The standard InChI is InChI=1S/C43H41ClN4O4S.ClH/c1-30-7-9-34(10-8-30)29-51-36-16-17-40(45-27-36)52-42-31(2)25-35(26-37(42)44)15-18-41(49)48-22-20-47(21-23-48)28-33-13-11-32(12-14-33)19-24-50-43-46-38-5-3-4-6-39(38)53-43;/h3-18,25-27H,19-24,28-29H2,1-2H3;1H/b18-15+;. The number of para-hydroxylation sites is 1. The molecule has 8 nitrogen and oxygen atoms in total. The number of piperazine rings is 1. The van der Waals surface area contributed by atoms with Gasteiger partial charge in [-0.15, -0.1) is 12.4 Å². The molecule has 278 valence electrons. The van der Waals surface area contributed by atoms with Gasteiger partial charge in [-0.05, 0) is 78.1 Å². The van der Waals surface area contributed by atoms with Crippen molar-refractivity contribution in [2.45, 2.75) is 33.4 Å². The second-order valence-corrected chi connectivity index (χ2v) is 14.6. The van der Waals surface area contributed by atoms with Gasteiger partial charge < -0.3 is 19.1 Å². The van der Waals surface area contributed by atoms with E-state index in [-0.39, 0.29) is 18.3 Å². The number of pyridine rings is 1. The van der Waals surface area contributed by atoms with Crippen molar-refractivity contribution < 1.29 is 19.0 Å². The van der Waals surface area contributed by atoms with E-state index in [0.29, 0.717) is 53.9 Å². The molecule has 4 aromatic carbocycles. The van der Waals surface area contributed by atoms with Crippen LogP contribution in [0.15, 0.2) is 109 Å². The Hall–Kier alpha value is -4.93. The predicted molar refractivity (Wildman–Crippen MR) is 219 cm³/mol. The molecule has 1 aliphatic heterocycles. The maximum atomic E-state index is 13.1. The van der Waals surface area contributed by atoms with Crippen LogP contribution >= 0.6 is 35.3 Å². The number of halogens is 2. The summed E-state index contributed by atoms with van der Waals surface area (Å²) < 4.78 is 19.0. The van der Waals surface area contributed by atoms with E-state index >= 15 is 0 Å². The van der Waals surface area contributed by atoms with E-state index in [1.54, 1.807) is 41.8 Å². The van der Waals surface area contributed by atoms with Gasteiger partial charge >= 0.3 is 0 Å². The normalized spacial score (nSPS) is 13.2. The second-order valence-electron chi connectivity index (χ2n) is 13.2. The lowest BCUT2D eigenvalue weighted by molar-refractivity contribution is -0.127. The lowest BCUT2D eigenvalue weighted by Crippen LogP contribution is -2.47. The summed E-state index contributed by atoms with van der Waals surface area (Å²) in [7, 11) is 0. The summed E-state index contributed by atoms with van der Waals surface area (Å²) in [6.45, 7) is 8.89. The molecule has 1 amide bonds. The van der Waals surface area contributed by atoms with Crippen LogP contribution in [0.2, 0.25) is 5.02 Å². The van der Waals surface area contributed by atoms with Crippen LogP contribution in [0.25, 0.3) is 16.3 Å². The summed E-state index contributed by atoms with van der Waals surface area (Å²) in [5.41, 5.74) is 7.44. The molecule has 0 radical (unpaired) electrons. The van der Waals surface area contributed by atoms with Crippen LogP contribution in [0.5, 0.6) is 22.6 Å². The molecule has 6 aromatic rings. The molecule has 11 heteroatoms. The van der Waals surface area contributed by atoms with Crippen LogP contribution in [0.1, 0.15) is 33.4 Å². The molecule has 7 rings (SSSR count). The van der Waals surface area contributed by atoms with Crippen LogP contribution in [-0.2, 0) is 24.4 Å². The highest BCUT2D eigenvalue weighted by Gasteiger charge is 2.20. The number of carbonyl (C=O) groups excluding carboxylic acids is 1. The van der Waals surface area contributed by atoms with E-state index in [4.69, 9.17) is 25.8 Å². The number of nitrogens with zero attached hydrogens (tertiary/aromatic N) is 4. The Morgan fingerprint density at radius 2 is 1.61 bits per heavy atom. The molecule has 2 aromatic heterocycles. The van der Waals surface area contributed by atoms with E-state index < -0.39 is 0 Å². The van der Waals surface area contributed by atoms with Crippen molar-refractivity contribution in [1.82, 2.24) is 19.8 Å². The number of fused-ring (bicyclic) bond motifs is 1. The van der Waals surface area contributed by atoms with E-state index in [1.807, 2.05) is 54.3 Å². The molecule has 3 heterocycles. The average molecular weight is 782 g/mol. The number of hydrogen-bond donors (Lipinski definition) is 0. The van der Waals surface area contributed by atoms with Crippen molar-refractivity contribution >= 4 is 57.5 Å². The van der Waals surface area contributed by atoms with Crippen LogP contribution in [0, 0.1) is 13.8 Å². The Labute approximate surface area is 331 Å². The zero-order valence-corrected chi connectivity index (χ0v) is 32.6. The van der Waals surface area contributed by atoms with Gasteiger partial charge in [-0.2, -0.15) is 0 Å². The average Bonchev–Trinajstić information content (AvgIpc) is 3.59. The molecule has 0 unspecified atom stereocenters. The first kappa shape index (κ1) is 38.8. The van der Waals surface area contributed by atoms with Gasteiger partial charge in [-0.3, -0.25) is 9.69 Å². The van der Waals surface area contributed by atoms with Crippen LogP contribution in [0.3, 0.4) is 0 Å². The van der Waals surface area contributed by atoms with Gasteiger partial charge in [0, 0.05) is 51.3 Å². The van der Waals surface area contributed by atoms with Gasteiger partial charge in [0.2, 0.25) is 11.8 Å². The molecular formula is C43H42Cl2N4O4S. The molecule has 1 fully saturated rings. The number of amides is 1. The second kappa shape index (κ2) is 18.4. The van der Waals surface area contributed by atoms with E-state index in [0.717, 1.165) is 53.0 Å². The van der Waals surface area contributed by atoms with E-state index in [9.17, 15) is 4.79 Å². The van der Waals surface area contributed by atoms with Gasteiger partial charge in [0.05, 0.1) is 28.0 Å². The molecule has 0 atom stereocenters. The summed E-state index contributed by atoms with van der Waals surface area (Å²) >= 11 is 8.22. The number of carbonyl (C=O) groups is 1. The highest BCUT2D eigenvalue weighted by atomic mass is 35.5. The Kier molecular flexibility index (Phi) is 13.2. The molecule has 0 saturated carbocycles. The molecule has 0 aliphatic carbocycles. The van der Waals surface area contributed by atoms with Crippen LogP contribution in [0.4, 0.5) is 0 Å². The van der Waals surface area contributed by atoms with Gasteiger partial charge in [-0.1, -0.05) is 89.2 Å². The Bertz CT molecular complexity index is 2130. The summed E-state index contributed by atoms with van der Waals surface area (Å²) in [6.07, 6.45) is 5.89. The van der Waals surface area contributed by atoms with Crippen molar-refractivity contribution in [1.29, 1.82) is 0 Å². The monoisotopic (exact) mass is 780 g/mol. The minimum Gasteiger partial charge on any atom is -0.487 e. The molecule has 54 heavy (non-hydrogen) atoms. The van der Waals surface area contributed by atoms with E-state index in [2.05, 4.69) is 64.3 Å². The number of rotatable bonds is 13. The van der Waals surface area contributed by atoms with Crippen molar-refractivity contribution in [2.24, 2.45) is 0 Å². The lowest BCUT2D eigenvalue weighted by atomic mass is 10.1. The fourth-order valence-electron chi connectivity index (χ4n) is 6.09. The third-order valence-corrected chi connectivity index (χ3v) is 10.3. The summed E-state index contributed by atoms with van der Waals surface area (Å²) in [6, 6.07) is 32.4. The molecule has 0 spiro atoms. The molecule has 0 bridgehead atoms. The number of benzene rings is 4. The minimum atomic E-state index is -0.00921. The highest BCUT2D eigenvalue weighted by molar-refractivity contribution is 7.20. The van der Waals surface area contributed by atoms with Gasteiger partial charge in [0.1, 0.15) is 12.4 Å². The molecule has 0 N–H and O–H groups in total. The first-order chi connectivity index (χ1) is 25.8. The maximum absolute atomic E-state index is 13.1. The van der Waals surface area contributed by atoms with Gasteiger partial charge in [0.15, 0.2) is 5.75 Å². The van der Waals surface area contributed by atoms with Crippen molar-refractivity contribution in [3.63, 3.8) is 0 Å². The number of aryl methyl sites for hydroxylation is 2. The number of ether oxygens (including phenoxy) is 3.